The van der Waals surface area contributed by atoms with Crippen LogP contribution in [0.2, 0.25) is 0 Å². The number of rotatable bonds is 9. The number of phenolic OH excluding ortho intramolecular Hbond substituents is 1. The van der Waals surface area contributed by atoms with Crippen LogP contribution in [0.5, 0.6) is 11.5 Å². The first kappa shape index (κ1) is 23.5. The van der Waals surface area contributed by atoms with Crippen LogP contribution in [-0.4, -0.2) is 59.5 Å². The zero-order chi connectivity index (χ0) is 24.0. The molecule has 1 aliphatic heterocycles. The Hall–Kier alpha value is -4.21. The first-order valence-electron chi connectivity index (χ1n) is 10.2. The Morgan fingerprint density at radius 3 is 2.67 bits per heavy atom. The summed E-state index contributed by atoms with van der Waals surface area (Å²) in [5.41, 5.74) is 3.35. The molecular formula is C23H23N3O7. The van der Waals surface area contributed by atoms with Crippen molar-refractivity contribution in [2.75, 3.05) is 19.8 Å². The SMILES string of the molecule is CCOC(=O)COc1ccc(C(=O)CN2C(=O)c3ccccc3C2C=NNC(C)=O)c(O)c1. The van der Waals surface area contributed by atoms with Crippen molar-refractivity contribution in [3.8, 4) is 11.5 Å². The van der Waals surface area contributed by atoms with Gasteiger partial charge in [0, 0.05) is 18.6 Å². The van der Waals surface area contributed by atoms with Gasteiger partial charge in [-0.25, -0.2) is 10.2 Å². The van der Waals surface area contributed by atoms with E-state index in [4.69, 9.17) is 9.47 Å². The summed E-state index contributed by atoms with van der Waals surface area (Å²) in [6.45, 7) is 2.52. The van der Waals surface area contributed by atoms with Gasteiger partial charge in [-0.2, -0.15) is 5.10 Å². The number of ether oxygens (including phenoxy) is 2. The topological polar surface area (TPSA) is 135 Å². The van der Waals surface area contributed by atoms with Gasteiger partial charge in [0.25, 0.3) is 5.91 Å². The number of nitrogens with one attached hydrogen (secondary N) is 1. The molecule has 1 atom stereocenters. The van der Waals surface area contributed by atoms with Gasteiger partial charge in [0.1, 0.15) is 11.5 Å². The van der Waals surface area contributed by atoms with Crippen LogP contribution in [-0.2, 0) is 14.3 Å². The van der Waals surface area contributed by atoms with Crippen LogP contribution in [0.4, 0.5) is 0 Å². The lowest BCUT2D eigenvalue weighted by atomic mass is 10.1. The van der Waals surface area contributed by atoms with Crippen molar-refractivity contribution < 1.29 is 33.8 Å². The molecule has 3 rings (SSSR count). The molecule has 2 aromatic carbocycles. The van der Waals surface area contributed by atoms with Gasteiger partial charge < -0.3 is 19.5 Å². The van der Waals surface area contributed by atoms with E-state index in [1.165, 1.54) is 36.2 Å². The zero-order valence-corrected chi connectivity index (χ0v) is 18.1. The Kier molecular flexibility index (Phi) is 7.39. The molecule has 2 amide bonds. The van der Waals surface area contributed by atoms with E-state index >= 15 is 0 Å². The van der Waals surface area contributed by atoms with E-state index in [2.05, 4.69) is 10.5 Å². The molecule has 0 aromatic heterocycles. The standard InChI is InChI=1S/C23H23N3O7/c1-3-32-22(30)13-33-15-8-9-18(20(28)10-15)21(29)12-26-19(11-24-25-14(2)27)16-6-4-5-7-17(16)23(26)31/h4-11,19,28H,3,12-13H2,1-2H3,(H,25,27). The van der Waals surface area contributed by atoms with Gasteiger partial charge >= 0.3 is 5.97 Å². The van der Waals surface area contributed by atoms with Crippen molar-refractivity contribution >= 4 is 29.8 Å². The smallest absolute Gasteiger partial charge is 0.344 e. The number of benzene rings is 2. The number of ketones is 1. The Morgan fingerprint density at radius 1 is 1.21 bits per heavy atom. The lowest BCUT2D eigenvalue weighted by molar-refractivity contribution is -0.145. The third kappa shape index (κ3) is 5.53. The van der Waals surface area contributed by atoms with Crippen molar-refractivity contribution in [1.29, 1.82) is 0 Å². The fourth-order valence-corrected chi connectivity index (χ4v) is 3.35. The first-order chi connectivity index (χ1) is 15.8. The molecule has 1 aliphatic rings. The van der Waals surface area contributed by atoms with Gasteiger partial charge in [-0.1, -0.05) is 18.2 Å². The molecule has 0 radical (unpaired) electrons. The second-order valence-corrected chi connectivity index (χ2v) is 7.11. The van der Waals surface area contributed by atoms with E-state index in [0.717, 1.165) is 0 Å². The lowest BCUT2D eigenvalue weighted by Crippen LogP contribution is -2.34. The Morgan fingerprint density at radius 2 is 1.97 bits per heavy atom. The van der Waals surface area contributed by atoms with Crippen molar-refractivity contribution in [3.05, 3.63) is 59.2 Å². The van der Waals surface area contributed by atoms with Gasteiger partial charge in [-0.15, -0.1) is 0 Å². The van der Waals surface area contributed by atoms with Crippen LogP contribution in [0, 0.1) is 0 Å². The fourth-order valence-electron chi connectivity index (χ4n) is 3.35. The summed E-state index contributed by atoms with van der Waals surface area (Å²) in [6, 6.07) is 10.2. The van der Waals surface area contributed by atoms with Crippen molar-refractivity contribution in [2.24, 2.45) is 5.10 Å². The predicted molar refractivity (Wildman–Crippen MR) is 117 cm³/mol. The highest BCUT2D eigenvalue weighted by atomic mass is 16.6. The summed E-state index contributed by atoms with van der Waals surface area (Å²) in [4.78, 5) is 49.7. The second-order valence-electron chi connectivity index (χ2n) is 7.11. The summed E-state index contributed by atoms with van der Waals surface area (Å²) in [5.74, 6) is -1.98. The number of Topliss-reactive ketones (excluding diaryl/α,β-unsaturated/α-hetero) is 1. The van der Waals surface area contributed by atoms with Crippen LogP contribution >= 0.6 is 0 Å². The highest BCUT2D eigenvalue weighted by Crippen LogP contribution is 2.33. The van der Waals surface area contributed by atoms with Crippen LogP contribution in [0.15, 0.2) is 47.6 Å². The molecule has 0 spiro atoms. The summed E-state index contributed by atoms with van der Waals surface area (Å²) in [7, 11) is 0. The van der Waals surface area contributed by atoms with Crippen molar-refractivity contribution in [3.63, 3.8) is 0 Å². The van der Waals surface area contributed by atoms with E-state index in [1.54, 1.807) is 31.2 Å². The molecule has 1 heterocycles. The Bertz CT molecular complexity index is 1110. The molecule has 172 valence electrons. The minimum Gasteiger partial charge on any atom is -0.507 e. The highest BCUT2D eigenvalue weighted by Gasteiger charge is 2.37. The number of hydrogen-bond donors (Lipinski definition) is 2. The molecular weight excluding hydrogens is 430 g/mol. The average molecular weight is 453 g/mol. The molecule has 0 saturated carbocycles. The molecule has 0 fully saturated rings. The van der Waals surface area contributed by atoms with Crippen LogP contribution in [0.1, 0.15) is 46.2 Å². The number of hydrazone groups is 1. The molecule has 0 saturated heterocycles. The summed E-state index contributed by atoms with van der Waals surface area (Å²) in [5, 5.41) is 14.2. The molecule has 33 heavy (non-hydrogen) atoms. The summed E-state index contributed by atoms with van der Waals surface area (Å²) in [6.07, 6.45) is 1.38. The largest absolute Gasteiger partial charge is 0.507 e. The molecule has 0 aliphatic carbocycles. The normalized spacial score (nSPS) is 14.8. The van der Waals surface area contributed by atoms with E-state index in [1.807, 2.05) is 0 Å². The summed E-state index contributed by atoms with van der Waals surface area (Å²) < 4.78 is 10.0. The third-order valence-electron chi connectivity index (χ3n) is 4.79. The third-order valence-corrected chi connectivity index (χ3v) is 4.79. The number of fused-ring (bicyclic) bond motifs is 1. The molecule has 2 aromatic rings. The maximum atomic E-state index is 12.9. The number of hydrogen-bond acceptors (Lipinski definition) is 8. The van der Waals surface area contributed by atoms with Crippen LogP contribution < -0.4 is 10.2 Å². The van der Waals surface area contributed by atoms with Crippen LogP contribution in [0.25, 0.3) is 0 Å². The maximum Gasteiger partial charge on any atom is 0.344 e. The maximum absolute atomic E-state index is 12.9. The lowest BCUT2D eigenvalue weighted by Gasteiger charge is -2.21. The first-order valence-corrected chi connectivity index (χ1v) is 10.2. The highest BCUT2D eigenvalue weighted by molar-refractivity contribution is 6.07. The van der Waals surface area contributed by atoms with E-state index in [0.29, 0.717) is 11.1 Å². The predicted octanol–water partition coefficient (Wildman–Crippen LogP) is 1.84. The molecule has 0 bridgehead atoms. The summed E-state index contributed by atoms with van der Waals surface area (Å²) >= 11 is 0. The Balaban J connectivity index is 1.76. The average Bonchev–Trinajstić information content (AvgIpc) is 3.04. The number of carbonyl (C=O) groups is 4. The van der Waals surface area contributed by atoms with Gasteiger partial charge in [0.15, 0.2) is 12.4 Å². The second kappa shape index (κ2) is 10.4. The molecule has 10 nitrogen and oxygen atoms in total. The quantitative estimate of drug-likeness (QED) is 0.256. The fraction of sp³-hybridized carbons (Fsp3) is 0.261. The minimum absolute atomic E-state index is 0.0141. The number of phenols is 1. The van der Waals surface area contributed by atoms with E-state index < -0.39 is 17.8 Å². The van der Waals surface area contributed by atoms with E-state index in [-0.39, 0.29) is 48.6 Å². The Labute approximate surface area is 189 Å². The molecule has 10 heteroatoms. The number of amides is 2. The van der Waals surface area contributed by atoms with Crippen LogP contribution in [0.3, 0.4) is 0 Å². The zero-order valence-electron chi connectivity index (χ0n) is 18.1. The number of esters is 1. The van der Waals surface area contributed by atoms with Crippen molar-refractivity contribution in [1.82, 2.24) is 10.3 Å². The van der Waals surface area contributed by atoms with Gasteiger partial charge in [0.05, 0.1) is 31.0 Å². The molecule has 2 N–H and O–H groups in total. The number of nitrogens with zero attached hydrogens (tertiary/aromatic N) is 2. The van der Waals surface area contributed by atoms with Gasteiger partial charge in [-0.05, 0) is 30.7 Å². The minimum atomic E-state index is -0.668. The monoisotopic (exact) mass is 453 g/mol. The van der Waals surface area contributed by atoms with Gasteiger partial charge in [0.2, 0.25) is 5.91 Å². The van der Waals surface area contributed by atoms with Gasteiger partial charge in [-0.3, -0.25) is 14.4 Å². The van der Waals surface area contributed by atoms with E-state index in [9.17, 15) is 24.3 Å². The number of aromatic hydroxyl groups is 1. The molecule has 1 unspecified atom stereocenters. The number of carbonyl (C=O) groups excluding carboxylic acids is 4. The van der Waals surface area contributed by atoms with Crippen molar-refractivity contribution in [2.45, 2.75) is 19.9 Å².